The van der Waals surface area contributed by atoms with Gasteiger partial charge in [0.05, 0.1) is 0 Å². The molecule has 0 unspecified atom stereocenters. The lowest BCUT2D eigenvalue weighted by Gasteiger charge is -2.14. The summed E-state index contributed by atoms with van der Waals surface area (Å²) in [4.78, 5) is 8.42. The standard InChI is InChI=1S/C30H23BN2/c1-20-16-29-27(18-25(20)22-8-12-32-13-9-22)28-19-26(23-10-14-33-15-11-23)21(2)17-30(28)31(29)24-6-4-3-5-7-24/h3-19H,1-2H3. The van der Waals surface area contributed by atoms with E-state index < -0.39 is 0 Å². The number of aryl methyl sites for hydroxylation is 2. The maximum absolute atomic E-state index is 4.21. The van der Waals surface area contributed by atoms with Crippen LogP contribution in [0, 0.1) is 13.8 Å². The maximum atomic E-state index is 4.21. The molecule has 0 saturated carbocycles. The van der Waals surface area contributed by atoms with Crippen LogP contribution in [-0.4, -0.2) is 16.7 Å². The Balaban J connectivity index is 1.63. The molecule has 3 aromatic carbocycles. The average Bonchev–Trinajstić information content (AvgIpc) is 3.16. The van der Waals surface area contributed by atoms with Crippen molar-refractivity contribution in [2.24, 2.45) is 0 Å². The second kappa shape index (κ2) is 7.86. The molecule has 5 aromatic rings. The molecule has 0 amide bonds. The highest BCUT2D eigenvalue weighted by molar-refractivity contribution is 6.99. The van der Waals surface area contributed by atoms with E-state index in [1.807, 2.05) is 24.8 Å². The zero-order chi connectivity index (χ0) is 22.4. The summed E-state index contributed by atoms with van der Waals surface area (Å²) >= 11 is 0. The number of hydrogen-bond donors (Lipinski definition) is 0. The normalized spacial score (nSPS) is 11.9. The van der Waals surface area contributed by atoms with E-state index in [1.165, 1.54) is 60.9 Å². The molecule has 2 nitrogen and oxygen atoms in total. The summed E-state index contributed by atoms with van der Waals surface area (Å²) in [6, 6.07) is 28.8. The fourth-order valence-corrected chi connectivity index (χ4v) is 5.26. The molecule has 33 heavy (non-hydrogen) atoms. The minimum absolute atomic E-state index is 0.242. The smallest absolute Gasteiger partial charge is 0.242 e. The first-order chi connectivity index (χ1) is 16.2. The molecule has 0 fully saturated rings. The Morgan fingerprint density at radius 2 is 0.970 bits per heavy atom. The first kappa shape index (κ1) is 19.7. The van der Waals surface area contributed by atoms with Gasteiger partial charge in [-0.15, -0.1) is 0 Å². The lowest BCUT2D eigenvalue weighted by atomic mass is 9.38. The summed E-state index contributed by atoms with van der Waals surface area (Å²) in [7, 11) is 0. The minimum Gasteiger partial charge on any atom is -0.265 e. The van der Waals surface area contributed by atoms with Crippen LogP contribution in [0.2, 0.25) is 0 Å². The molecular formula is C30H23BN2. The summed E-state index contributed by atoms with van der Waals surface area (Å²) < 4.78 is 0. The first-order valence-electron chi connectivity index (χ1n) is 11.4. The molecule has 1 aliphatic rings. The molecule has 3 heteroatoms. The minimum atomic E-state index is 0.242. The Hall–Kier alpha value is -3.98. The van der Waals surface area contributed by atoms with Crippen molar-refractivity contribution >= 4 is 23.1 Å². The van der Waals surface area contributed by atoms with Crippen molar-refractivity contribution in [1.82, 2.24) is 9.97 Å². The van der Waals surface area contributed by atoms with Crippen LogP contribution in [0.15, 0.2) is 104 Å². The second-order valence-electron chi connectivity index (χ2n) is 8.82. The van der Waals surface area contributed by atoms with Crippen LogP contribution in [-0.2, 0) is 0 Å². The van der Waals surface area contributed by atoms with E-state index in [-0.39, 0.29) is 6.71 Å². The molecule has 3 heterocycles. The van der Waals surface area contributed by atoms with E-state index in [0.717, 1.165) is 0 Å². The van der Waals surface area contributed by atoms with Gasteiger partial charge in [0.2, 0.25) is 6.71 Å². The zero-order valence-electron chi connectivity index (χ0n) is 18.8. The highest BCUT2D eigenvalue weighted by Gasteiger charge is 2.34. The Morgan fingerprint density at radius 3 is 1.42 bits per heavy atom. The van der Waals surface area contributed by atoms with Gasteiger partial charge in [-0.25, -0.2) is 0 Å². The number of rotatable bonds is 3. The Labute approximate surface area is 195 Å². The van der Waals surface area contributed by atoms with Gasteiger partial charge in [-0.1, -0.05) is 58.9 Å². The third-order valence-corrected chi connectivity index (χ3v) is 6.82. The molecule has 156 valence electrons. The molecule has 0 aliphatic carbocycles. The predicted octanol–water partition coefficient (Wildman–Crippen LogP) is 4.92. The van der Waals surface area contributed by atoms with Gasteiger partial charge in [-0.05, 0) is 94.8 Å². The van der Waals surface area contributed by atoms with E-state index in [4.69, 9.17) is 0 Å². The van der Waals surface area contributed by atoms with Crippen LogP contribution in [0.5, 0.6) is 0 Å². The molecule has 0 radical (unpaired) electrons. The lowest BCUT2D eigenvalue weighted by Crippen LogP contribution is -2.49. The predicted molar refractivity (Wildman–Crippen MR) is 139 cm³/mol. The van der Waals surface area contributed by atoms with Crippen molar-refractivity contribution in [3.05, 3.63) is 115 Å². The van der Waals surface area contributed by atoms with Crippen LogP contribution in [0.1, 0.15) is 11.1 Å². The monoisotopic (exact) mass is 422 g/mol. The van der Waals surface area contributed by atoms with Crippen LogP contribution >= 0.6 is 0 Å². The van der Waals surface area contributed by atoms with Gasteiger partial charge in [-0.3, -0.25) is 9.97 Å². The molecule has 2 aromatic heterocycles. The number of aromatic nitrogens is 2. The highest BCUT2D eigenvalue weighted by Crippen LogP contribution is 2.34. The molecule has 0 atom stereocenters. The summed E-state index contributed by atoms with van der Waals surface area (Å²) in [6.45, 7) is 4.68. The SMILES string of the molecule is Cc1cc2c(cc1-c1ccncc1)-c1cc(-c3ccncc3)c(C)cc1B2c1ccccc1. The first-order valence-corrected chi connectivity index (χ1v) is 11.4. The fourth-order valence-electron chi connectivity index (χ4n) is 5.26. The van der Waals surface area contributed by atoms with Crippen molar-refractivity contribution in [1.29, 1.82) is 0 Å². The highest BCUT2D eigenvalue weighted by atomic mass is 14.6. The fraction of sp³-hybridized carbons (Fsp3) is 0.0667. The number of fused-ring (bicyclic) bond motifs is 3. The number of pyridine rings is 2. The molecule has 0 N–H and O–H groups in total. The summed E-state index contributed by atoms with van der Waals surface area (Å²) in [6.07, 6.45) is 7.47. The van der Waals surface area contributed by atoms with Gasteiger partial charge in [0.15, 0.2) is 0 Å². The zero-order valence-corrected chi connectivity index (χ0v) is 18.8. The van der Waals surface area contributed by atoms with E-state index in [0.29, 0.717) is 0 Å². The van der Waals surface area contributed by atoms with Gasteiger partial charge in [0, 0.05) is 24.8 Å². The van der Waals surface area contributed by atoms with E-state index >= 15 is 0 Å². The quantitative estimate of drug-likeness (QED) is 0.378. The second-order valence-corrected chi connectivity index (χ2v) is 8.82. The van der Waals surface area contributed by atoms with Crippen LogP contribution in [0.3, 0.4) is 0 Å². The molecule has 6 rings (SSSR count). The van der Waals surface area contributed by atoms with Gasteiger partial charge in [-0.2, -0.15) is 0 Å². The van der Waals surface area contributed by atoms with Gasteiger partial charge in [0.25, 0.3) is 0 Å². The molecule has 0 bridgehead atoms. The Kier molecular flexibility index (Phi) is 4.69. The Bertz CT molecular complexity index is 1370. The molecule has 0 saturated heterocycles. The third-order valence-electron chi connectivity index (χ3n) is 6.82. The Morgan fingerprint density at radius 1 is 0.515 bits per heavy atom. The van der Waals surface area contributed by atoms with E-state index in [9.17, 15) is 0 Å². The van der Waals surface area contributed by atoms with Crippen molar-refractivity contribution in [2.45, 2.75) is 13.8 Å². The molecular weight excluding hydrogens is 399 g/mol. The lowest BCUT2D eigenvalue weighted by molar-refractivity contribution is 1.32. The number of nitrogens with zero attached hydrogens (tertiary/aromatic N) is 2. The van der Waals surface area contributed by atoms with Crippen molar-refractivity contribution in [3.8, 4) is 33.4 Å². The summed E-state index contributed by atoms with van der Waals surface area (Å²) in [5.41, 5.74) is 14.3. The van der Waals surface area contributed by atoms with Crippen molar-refractivity contribution < 1.29 is 0 Å². The summed E-state index contributed by atoms with van der Waals surface area (Å²) in [5.74, 6) is 0. The van der Waals surface area contributed by atoms with Gasteiger partial charge >= 0.3 is 0 Å². The molecule has 1 aliphatic heterocycles. The average molecular weight is 422 g/mol. The molecule has 0 spiro atoms. The van der Waals surface area contributed by atoms with Gasteiger partial charge < -0.3 is 0 Å². The van der Waals surface area contributed by atoms with Crippen LogP contribution in [0.4, 0.5) is 0 Å². The topological polar surface area (TPSA) is 25.8 Å². The van der Waals surface area contributed by atoms with E-state index in [1.54, 1.807) is 0 Å². The van der Waals surface area contributed by atoms with Gasteiger partial charge in [0.1, 0.15) is 0 Å². The third kappa shape index (κ3) is 3.28. The van der Waals surface area contributed by atoms with Crippen LogP contribution in [0.25, 0.3) is 33.4 Å². The number of benzene rings is 3. The van der Waals surface area contributed by atoms with E-state index in [2.05, 4.69) is 103 Å². The van der Waals surface area contributed by atoms with Crippen molar-refractivity contribution in [2.75, 3.05) is 0 Å². The maximum Gasteiger partial charge on any atom is 0.242 e. The van der Waals surface area contributed by atoms with Crippen molar-refractivity contribution in [3.63, 3.8) is 0 Å². The summed E-state index contributed by atoms with van der Waals surface area (Å²) in [5, 5.41) is 0. The largest absolute Gasteiger partial charge is 0.265 e. The van der Waals surface area contributed by atoms with Crippen LogP contribution < -0.4 is 16.4 Å². The number of hydrogen-bond acceptors (Lipinski definition) is 2.